The van der Waals surface area contributed by atoms with Gasteiger partial charge in [0, 0.05) is 54.4 Å². The highest BCUT2D eigenvalue weighted by atomic mass is 32.1. The van der Waals surface area contributed by atoms with Gasteiger partial charge >= 0.3 is 0 Å². The summed E-state index contributed by atoms with van der Waals surface area (Å²) in [6, 6.07) is 13.4. The van der Waals surface area contributed by atoms with Crippen LogP contribution in [-0.4, -0.2) is 47.8 Å². The Kier molecular flexibility index (Phi) is 4.69. The van der Waals surface area contributed by atoms with Gasteiger partial charge in [-0.05, 0) is 47.2 Å². The molecule has 4 heterocycles. The largest absolute Gasteiger partial charge is 0.360 e. The molecule has 1 aliphatic rings. The van der Waals surface area contributed by atoms with Gasteiger partial charge in [-0.1, -0.05) is 6.07 Å². The van der Waals surface area contributed by atoms with E-state index in [-0.39, 0.29) is 11.7 Å². The summed E-state index contributed by atoms with van der Waals surface area (Å²) in [5, 5.41) is 6.02. The first-order valence-electron chi connectivity index (χ1n) is 9.48. The molecule has 0 unspecified atom stereocenters. The number of aromatic nitrogens is 1. The number of benzene rings is 1. The van der Waals surface area contributed by atoms with Crippen molar-refractivity contribution in [1.29, 1.82) is 0 Å². The SMILES string of the molecule is O=C(c1cccs1)c1c[nH]c2ccc(C(=O)N3CCN(c4cccs4)CC3)cc12. The van der Waals surface area contributed by atoms with Crippen LogP contribution in [0.2, 0.25) is 0 Å². The molecule has 7 heteroatoms. The summed E-state index contributed by atoms with van der Waals surface area (Å²) in [6.07, 6.45) is 1.74. The summed E-state index contributed by atoms with van der Waals surface area (Å²) >= 11 is 3.16. The van der Waals surface area contributed by atoms with E-state index in [1.54, 1.807) is 17.5 Å². The van der Waals surface area contributed by atoms with Crippen LogP contribution in [0.25, 0.3) is 10.9 Å². The van der Waals surface area contributed by atoms with Crippen molar-refractivity contribution >= 4 is 50.3 Å². The molecule has 4 aromatic rings. The normalized spacial score (nSPS) is 14.5. The van der Waals surface area contributed by atoms with Gasteiger partial charge in [-0.25, -0.2) is 0 Å². The maximum atomic E-state index is 13.1. The van der Waals surface area contributed by atoms with Crippen LogP contribution in [0.3, 0.4) is 0 Å². The predicted molar refractivity (Wildman–Crippen MR) is 118 cm³/mol. The third-order valence-electron chi connectivity index (χ3n) is 5.30. The van der Waals surface area contributed by atoms with Gasteiger partial charge < -0.3 is 14.8 Å². The lowest BCUT2D eigenvalue weighted by atomic mass is 10.0. The fraction of sp³-hybridized carbons (Fsp3) is 0.182. The molecule has 5 nitrogen and oxygen atoms in total. The molecule has 0 aliphatic carbocycles. The number of thiophene rings is 2. The quantitative estimate of drug-likeness (QED) is 0.494. The summed E-state index contributed by atoms with van der Waals surface area (Å²) in [5.74, 6) is 0.00821. The van der Waals surface area contributed by atoms with E-state index in [0.717, 1.165) is 24.0 Å². The molecule has 0 radical (unpaired) electrons. The van der Waals surface area contributed by atoms with Crippen LogP contribution < -0.4 is 4.90 Å². The lowest BCUT2D eigenvalue weighted by molar-refractivity contribution is 0.0747. The topological polar surface area (TPSA) is 56.4 Å². The van der Waals surface area contributed by atoms with Crippen molar-refractivity contribution in [3.8, 4) is 0 Å². The summed E-state index contributed by atoms with van der Waals surface area (Å²) in [5.41, 5.74) is 2.10. The second kappa shape index (κ2) is 7.50. The first kappa shape index (κ1) is 18.1. The molecular formula is C22H19N3O2S2. The number of carbonyl (C=O) groups excluding carboxylic acids is 2. The number of ketones is 1. The summed E-state index contributed by atoms with van der Waals surface area (Å²) in [6.45, 7) is 3.06. The van der Waals surface area contributed by atoms with Gasteiger partial charge in [0.25, 0.3) is 5.91 Å². The van der Waals surface area contributed by atoms with Crippen LogP contribution >= 0.6 is 22.7 Å². The average molecular weight is 422 g/mol. The van der Waals surface area contributed by atoms with Gasteiger partial charge in [0.05, 0.1) is 9.88 Å². The van der Waals surface area contributed by atoms with Gasteiger partial charge in [0.15, 0.2) is 0 Å². The minimum atomic E-state index is -0.0135. The van der Waals surface area contributed by atoms with Crippen molar-refractivity contribution in [2.24, 2.45) is 0 Å². The van der Waals surface area contributed by atoms with E-state index in [9.17, 15) is 9.59 Å². The van der Waals surface area contributed by atoms with Crippen LogP contribution in [0.5, 0.6) is 0 Å². The molecule has 1 aromatic carbocycles. The Morgan fingerprint density at radius 2 is 1.72 bits per heavy atom. The number of rotatable bonds is 4. The molecule has 146 valence electrons. The number of amides is 1. The van der Waals surface area contributed by atoms with E-state index >= 15 is 0 Å². The highest BCUT2D eigenvalue weighted by molar-refractivity contribution is 7.14. The van der Waals surface area contributed by atoms with Crippen LogP contribution in [0.1, 0.15) is 25.6 Å². The van der Waals surface area contributed by atoms with E-state index in [1.165, 1.54) is 16.3 Å². The number of carbonyl (C=O) groups is 2. The molecule has 0 saturated carbocycles. The van der Waals surface area contributed by atoms with Gasteiger partial charge in [-0.2, -0.15) is 0 Å². The van der Waals surface area contributed by atoms with Crippen molar-refractivity contribution in [3.63, 3.8) is 0 Å². The van der Waals surface area contributed by atoms with Crippen molar-refractivity contribution in [2.75, 3.05) is 31.1 Å². The smallest absolute Gasteiger partial charge is 0.253 e. The third-order valence-corrected chi connectivity index (χ3v) is 7.10. The second-order valence-electron chi connectivity index (χ2n) is 7.00. The van der Waals surface area contributed by atoms with Crippen molar-refractivity contribution in [1.82, 2.24) is 9.88 Å². The third kappa shape index (κ3) is 3.36. The van der Waals surface area contributed by atoms with Gasteiger partial charge in [0.1, 0.15) is 0 Å². The van der Waals surface area contributed by atoms with Gasteiger partial charge in [-0.15, -0.1) is 22.7 Å². The lowest BCUT2D eigenvalue weighted by Crippen LogP contribution is -2.48. The number of nitrogens with one attached hydrogen (secondary N) is 1. The molecule has 1 aliphatic heterocycles. The monoisotopic (exact) mass is 421 g/mol. The zero-order valence-corrected chi connectivity index (χ0v) is 17.3. The predicted octanol–water partition coefficient (Wildman–Crippen LogP) is 4.48. The van der Waals surface area contributed by atoms with Gasteiger partial charge in [-0.3, -0.25) is 9.59 Å². The van der Waals surface area contributed by atoms with Crippen molar-refractivity contribution in [2.45, 2.75) is 0 Å². The zero-order chi connectivity index (χ0) is 19.8. The Bertz CT molecular complexity index is 1150. The molecule has 0 spiro atoms. The number of nitrogens with zero attached hydrogens (tertiary/aromatic N) is 2. The summed E-state index contributed by atoms with van der Waals surface area (Å²) in [7, 11) is 0. The minimum absolute atomic E-state index is 0.0135. The highest BCUT2D eigenvalue weighted by Gasteiger charge is 2.24. The molecule has 3 aromatic heterocycles. The zero-order valence-electron chi connectivity index (χ0n) is 15.6. The fourth-order valence-corrected chi connectivity index (χ4v) is 5.21. The number of piperazine rings is 1. The number of aromatic amines is 1. The second-order valence-corrected chi connectivity index (χ2v) is 8.87. The Hall–Kier alpha value is -2.90. The Labute approximate surface area is 176 Å². The van der Waals surface area contributed by atoms with E-state index in [1.807, 2.05) is 40.6 Å². The molecule has 1 amide bonds. The number of hydrogen-bond donors (Lipinski definition) is 1. The molecule has 1 saturated heterocycles. The van der Waals surface area contributed by atoms with E-state index in [0.29, 0.717) is 29.1 Å². The number of anilines is 1. The highest BCUT2D eigenvalue weighted by Crippen LogP contribution is 2.26. The van der Waals surface area contributed by atoms with Gasteiger partial charge in [0.2, 0.25) is 5.78 Å². The number of H-pyrrole nitrogens is 1. The van der Waals surface area contributed by atoms with E-state index in [4.69, 9.17) is 0 Å². The van der Waals surface area contributed by atoms with E-state index < -0.39 is 0 Å². The molecule has 0 bridgehead atoms. The molecule has 1 fully saturated rings. The number of fused-ring (bicyclic) bond motifs is 1. The maximum absolute atomic E-state index is 13.1. The Balaban J connectivity index is 1.37. The van der Waals surface area contributed by atoms with Crippen LogP contribution in [0.4, 0.5) is 5.00 Å². The first-order valence-corrected chi connectivity index (χ1v) is 11.2. The maximum Gasteiger partial charge on any atom is 0.253 e. The molecule has 1 N–H and O–H groups in total. The summed E-state index contributed by atoms with van der Waals surface area (Å²) in [4.78, 5) is 34.0. The fourth-order valence-electron chi connectivity index (χ4n) is 3.74. The molecule has 5 rings (SSSR count). The molecular weight excluding hydrogens is 402 g/mol. The first-order chi connectivity index (χ1) is 14.2. The average Bonchev–Trinajstić information content (AvgIpc) is 3.54. The molecule has 29 heavy (non-hydrogen) atoms. The van der Waals surface area contributed by atoms with Crippen LogP contribution in [-0.2, 0) is 0 Å². The Morgan fingerprint density at radius 3 is 2.45 bits per heavy atom. The van der Waals surface area contributed by atoms with E-state index in [2.05, 4.69) is 27.4 Å². The van der Waals surface area contributed by atoms with Crippen LogP contribution in [0.15, 0.2) is 59.4 Å². The summed E-state index contributed by atoms with van der Waals surface area (Å²) < 4.78 is 0. The minimum Gasteiger partial charge on any atom is -0.360 e. The standard InChI is InChI=1S/C22H19N3O2S2/c26-21(19-3-1-11-28-19)17-14-23-18-6-5-15(13-16(17)18)22(27)25-9-7-24(8-10-25)20-4-2-12-29-20/h1-6,11-14,23H,7-10H2. The Morgan fingerprint density at radius 1 is 0.931 bits per heavy atom. The van der Waals surface area contributed by atoms with Crippen molar-refractivity contribution in [3.05, 3.63) is 75.4 Å². The lowest BCUT2D eigenvalue weighted by Gasteiger charge is -2.35. The number of hydrogen-bond acceptors (Lipinski definition) is 5. The van der Waals surface area contributed by atoms with Crippen molar-refractivity contribution < 1.29 is 9.59 Å². The molecule has 0 atom stereocenters. The van der Waals surface area contributed by atoms with Crippen LogP contribution in [0, 0.1) is 0 Å².